The third-order valence-corrected chi connectivity index (χ3v) is 4.74. The number of carbonyl (C=O) groups is 3. The maximum Gasteiger partial charge on any atom is 0.275 e. The Morgan fingerprint density at radius 3 is 2.23 bits per heavy atom. The quantitative estimate of drug-likeness (QED) is 0.309. The lowest BCUT2D eigenvalue weighted by Crippen LogP contribution is -2.55. The summed E-state index contributed by atoms with van der Waals surface area (Å²) in [7, 11) is 1.33. The SMILES string of the molecule is CN(C(=O)c1ccc(-c2ccccc2)cc1)C(C(=O)NO)C(=O)NCc1cccnc1. The topological polar surface area (TPSA) is 112 Å². The Bertz CT molecular complexity index is 1040. The molecule has 0 radical (unpaired) electrons. The van der Waals surface area contributed by atoms with E-state index in [1.165, 1.54) is 12.5 Å². The zero-order valence-electron chi connectivity index (χ0n) is 16.9. The van der Waals surface area contributed by atoms with E-state index in [1.54, 1.807) is 48.8 Å². The highest BCUT2D eigenvalue weighted by molar-refractivity contribution is 6.08. The number of amides is 3. The summed E-state index contributed by atoms with van der Waals surface area (Å²) < 4.78 is 0. The van der Waals surface area contributed by atoms with Crippen LogP contribution in [0.5, 0.6) is 0 Å². The van der Waals surface area contributed by atoms with Crippen molar-refractivity contribution in [3.05, 3.63) is 90.3 Å². The second kappa shape index (κ2) is 10.1. The molecule has 8 heteroatoms. The fraction of sp³-hybridized carbons (Fsp3) is 0.130. The molecule has 3 amide bonds. The highest BCUT2D eigenvalue weighted by Gasteiger charge is 2.34. The van der Waals surface area contributed by atoms with Crippen LogP contribution >= 0.6 is 0 Å². The van der Waals surface area contributed by atoms with Gasteiger partial charge in [0.1, 0.15) is 0 Å². The van der Waals surface area contributed by atoms with E-state index < -0.39 is 23.8 Å². The number of hydrogen-bond donors (Lipinski definition) is 3. The number of carbonyl (C=O) groups excluding carboxylic acids is 3. The normalized spacial score (nSPS) is 11.3. The Hall–Kier alpha value is -4.04. The molecule has 3 N–H and O–H groups in total. The molecule has 1 aromatic heterocycles. The molecule has 1 atom stereocenters. The Morgan fingerprint density at radius 1 is 0.935 bits per heavy atom. The molecule has 1 heterocycles. The maximum absolute atomic E-state index is 12.9. The summed E-state index contributed by atoms with van der Waals surface area (Å²) >= 11 is 0. The number of nitrogens with one attached hydrogen (secondary N) is 2. The predicted molar refractivity (Wildman–Crippen MR) is 114 cm³/mol. The Labute approximate surface area is 179 Å². The first-order valence-corrected chi connectivity index (χ1v) is 9.54. The van der Waals surface area contributed by atoms with Crippen LogP contribution in [-0.4, -0.2) is 45.9 Å². The van der Waals surface area contributed by atoms with E-state index in [9.17, 15) is 14.4 Å². The smallest absolute Gasteiger partial charge is 0.275 e. The van der Waals surface area contributed by atoms with Gasteiger partial charge in [-0.2, -0.15) is 0 Å². The average molecular weight is 418 g/mol. The van der Waals surface area contributed by atoms with Gasteiger partial charge in [-0.15, -0.1) is 0 Å². The van der Waals surface area contributed by atoms with Crippen molar-refractivity contribution in [2.24, 2.45) is 0 Å². The minimum Gasteiger partial charge on any atom is -0.350 e. The highest BCUT2D eigenvalue weighted by Crippen LogP contribution is 2.20. The van der Waals surface area contributed by atoms with Crippen molar-refractivity contribution in [2.45, 2.75) is 12.6 Å². The minimum absolute atomic E-state index is 0.121. The lowest BCUT2D eigenvalue weighted by Gasteiger charge is -2.25. The van der Waals surface area contributed by atoms with E-state index in [1.807, 2.05) is 30.3 Å². The first-order chi connectivity index (χ1) is 15.0. The Morgan fingerprint density at radius 2 is 1.61 bits per heavy atom. The molecule has 31 heavy (non-hydrogen) atoms. The second-order valence-electron chi connectivity index (χ2n) is 6.82. The number of aromatic nitrogens is 1. The fourth-order valence-corrected chi connectivity index (χ4v) is 3.08. The van der Waals surface area contributed by atoms with Crippen LogP contribution in [0.3, 0.4) is 0 Å². The highest BCUT2D eigenvalue weighted by atomic mass is 16.5. The van der Waals surface area contributed by atoms with Crippen molar-refractivity contribution in [3.63, 3.8) is 0 Å². The average Bonchev–Trinajstić information content (AvgIpc) is 2.83. The molecule has 3 aromatic rings. The number of likely N-dealkylation sites (N-methyl/N-ethyl adjacent to an activating group) is 1. The molecular weight excluding hydrogens is 396 g/mol. The summed E-state index contributed by atoms with van der Waals surface area (Å²) in [6.45, 7) is 0.121. The standard InChI is InChI=1S/C23H22N4O4/c1-27(20(22(29)26-31)21(28)25-15-16-6-5-13-24-14-16)23(30)19-11-9-18(10-12-19)17-7-3-2-4-8-17/h2-14,20,31H,15H2,1H3,(H,25,28)(H,26,29). The number of hydroxylamine groups is 1. The van der Waals surface area contributed by atoms with Crippen LogP contribution in [-0.2, 0) is 16.1 Å². The lowest BCUT2D eigenvalue weighted by molar-refractivity contribution is -0.141. The first-order valence-electron chi connectivity index (χ1n) is 9.54. The van der Waals surface area contributed by atoms with Gasteiger partial charge in [0.25, 0.3) is 17.7 Å². The molecule has 3 rings (SSSR count). The zero-order chi connectivity index (χ0) is 22.2. The molecule has 0 saturated heterocycles. The van der Waals surface area contributed by atoms with Crippen molar-refractivity contribution in [1.29, 1.82) is 0 Å². The molecule has 8 nitrogen and oxygen atoms in total. The van der Waals surface area contributed by atoms with E-state index in [4.69, 9.17) is 5.21 Å². The van der Waals surface area contributed by atoms with Crippen LogP contribution < -0.4 is 10.8 Å². The van der Waals surface area contributed by atoms with E-state index in [0.717, 1.165) is 21.6 Å². The minimum atomic E-state index is -1.55. The largest absolute Gasteiger partial charge is 0.350 e. The molecule has 0 fully saturated rings. The van der Waals surface area contributed by atoms with Crippen molar-refractivity contribution >= 4 is 17.7 Å². The van der Waals surface area contributed by atoms with Crippen molar-refractivity contribution in [1.82, 2.24) is 20.7 Å². The van der Waals surface area contributed by atoms with Gasteiger partial charge < -0.3 is 10.2 Å². The van der Waals surface area contributed by atoms with Crippen molar-refractivity contribution < 1.29 is 19.6 Å². The molecular formula is C23H22N4O4. The third kappa shape index (κ3) is 5.31. The molecule has 2 aromatic carbocycles. The van der Waals surface area contributed by atoms with Gasteiger partial charge >= 0.3 is 0 Å². The van der Waals surface area contributed by atoms with Crippen LogP contribution in [0.25, 0.3) is 11.1 Å². The first kappa shape index (κ1) is 21.7. The number of hydrogen-bond acceptors (Lipinski definition) is 5. The third-order valence-electron chi connectivity index (χ3n) is 4.74. The Balaban J connectivity index is 1.74. The van der Waals surface area contributed by atoms with Gasteiger partial charge in [-0.05, 0) is 34.9 Å². The van der Waals surface area contributed by atoms with Gasteiger partial charge in [0.05, 0.1) is 0 Å². The number of benzene rings is 2. The van der Waals surface area contributed by atoms with E-state index >= 15 is 0 Å². The van der Waals surface area contributed by atoms with Crippen molar-refractivity contribution in [2.75, 3.05) is 7.05 Å². The van der Waals surface area contributed by atoms with Crippen molar-refractivity contribution in [3.8, 4) is 11.1 Å². The van der Waals surface area contributed by atoms with Gasteiger partial charge in [0.15, 0.2) is 6.04 Å². The van der Waals surface area contributed by atoms with Crippen LogP contribution in [0, 0.1) is 0 Å². The number of pyridine rings is 1. The van der Waals surface area contributed by atoms with E-state index in [0.29, 0.717) is 5.56 Å². The molecule has 0 saturated carbocycles. The van der Waals surface area contributed by atoms with E-state index in [2.05, 4.69) is 10.3 Å². The molecule has 0 bridgehead atoms. The van der Waals surface area contributed by atoms with Gasteiger partial charge in [-0.3, -0.25) is 24.6 Å². The Kier molecular flexibility index (Phi) is 7.08. The van der Waals surface area contributed by atoms with Gasteiger partial charge in [-0.1, -0.05) is 48.5 Å². The molecule has 0 aliphatic carbocycles. The van der Waals surface area contributed by atoms with Gasteiger partial charge in [-0.25, -0.2) is 5.48 Å². The number of nitrogens with zero attached hydrogens (tertiary/aromatic N) is 2. The van der Waals surface area contributed by atoms with Crippen LogP contribution in [0.1, 0.15) is 15.9 Å². The summed E-state index contributed by atoms with van der Waals surface area (Å²) in [5.41, 5.74) is 4.42. The van der Waals surface area contributed by atoms with Crippen LogP contribution in [0.4, 0.5) is 0 Å². The summed E-state index contributed by atoms with van der Waals surface area (Å²) in [5.74, 6) is -2.28. The molecule has 158 valence electrons. The summed E-state index contributed by atoms with van der Waals surface area (Å²) in [5, 5.41) is 11.7. The molecule has 0 spiro atoms. The molecule has 0 aliphatic rings. The summed E-state index contributed by atoms with van der Waals surface area (Å²) in [4.78, 5) is 42.6. The second-order valence-corrected chi connectivity index (χ2v) is 6.82. The van der Waals surface area contributed by atoms with Gasteiger partial charge in [0.2, 0.25) is 0 Å². The van der Waals surface area contributed by atoms with Crippen LogP contribution in [0.2, 0.25) is 0 Å². The van der Waals surface area contributed by atoms with Crippen LogP contribution in [0.15, 0.2) is 79.1 Å². The number of rotatable bonds is 7. The van der Waals surface area contributed by atoms with Gasteiger partial charge in [0, 0.05) is 31.5 Å². The summed E-state index contributed by atoms with van der Waals surface area (Å²) in [6.07, 6.45) is 3.17. The summed E-state index contributed by atoms with van der Waals surface area (Å²) in [6, 6.07) is 18.4. The predicted octanol–water partition coefficient (Wildman–Crippen LogP) is 2.01. The zero-order valence-corrected chi connectivity index (χ0v) is 16.9. The molecule has 1 unspecified atom stereocenters. The molecule has 0 aliphatic heterocycles. The monoisotopic (exact) mass is 418 g/mol. The maximum atomic E-state index is 12.9. The lowest BCUT2D eigenvalue weighted by atomic mass is 10.0. The fourth-order valence-electron chi connectivity index (χ4n) is 3.08. The van der Waals surface area contributed by atoms with E-state index in [-0.39, 0.29) is 6.54 Å².